The molecule has 1 N–H and O–H groups in total. The Hall–Kier alpha value is -3.21. The molecule has 4 nitrogen and oxygen atoms in total. The van der Waals surface area contributed by atoms with Gasteiger partial charge in [0.25, 0.3) is 0 Å². The number of ether oxygens (including phenoxy) is 1. The molecule has 4 aromatic rings. The van der Waals surface area contributed by atoms with E-state index in [4.69, 9.17) is 21.3 Å². The Morgan fingerprint density at radius 2 is 1.79 bits per heavy atom. The number of aliphatic hydroxyl groups excluding tert-OH is 1. The summed E-state index contributed by atoms with van der Waals surface area (Å²) >= 11 is 6.10. The minimum atomic E-state index is -0.614. The van der Waals surface area contributed by atoms with Crippen molar-refractivity contribution < 1.29 is 14.6 Å². The summed E-state index contributed by atoms with van der Waals surface area (Å²) < 4.78 is 4.86. The molecule has 5 heteroatoms. The summed E-state index contributed by atoms with van der Waals surface area (Å²) in [5.74, 6) is -0.355. The molecule has 1 atom stereocenters. The number of halogens is 1. The Balaban J connectivity index is 1.40. The van der Waals surface area contributed by atoms with Crippen molar-refractivity contribution in [3.05, 3.63) is 112 Å². The molecule has 0 amide bonds. The first-order chi connectivity index (χ1) is 16.0. The lowest BCUT2D eigenvalue weighted by Crippen LogP contribution is -2.07. The summed E-state index contributed by atoms with van der Waals surface area (Å²) in [6, 6.07) is 25.2. The van der Waals surface area contributed by atoms with Gasteiger partial charge >= 0.3 is 5.97 Å². The lowest BCUT2D eigenvalue weighted by atomic mass is 9.96. The van der Waals surface area contributed by atoms with E-state index >= 15 is 0 Å². The number of aromatic nitrogens is 1. The van der Waals surface area contributed by atoms with Crippen LogP contribution >= 0.6 is 11.6 Å². The van der Waals surface area contributed by atoms with Crippen LogP contribution in [0.2, 0.25) is 5.02 Å². The quantitative estimate of drug-likeness (QED) is 0.322. The fraction of sp³-hybridized carbons (Fsp3) is 0.214. The fourth-order valence-electron chi connectivity index (χ4n) is 4.01. The average Bonchev–Trinajstić information content (AvgIpc) is 2.85. The number of rotatable bonds is 8. The van der Waals surface area contributed by atoms with Gasteiger partial charge in [-0.1, -0.05) is 66.2 Å². The number of hydrogen-bond acceptors (Lipinski definition) is 4. The van der Waals surface area contributed by atoms with Crippen LogP contribution in [-0.2, 0) is 24.0 Å². The van der Waals surface area contributed by atoms with Gasteiger partial charge in [0.1, 0.15) is 0 Å². The molecule has 1 unspecified atom stereocenters. The molecule has 0 saturated carbocycles. The van der Waals surface area contributed by atoms with Crippen LogP contribution in [0.4, 0.5) is 0 Å². The van der Waals surface area contributed by atoms with Crippen molar-refractivity contribution >= 4 is 28.5 Å². The smallest absolute Gasteiger partial charge is 0.338 e. The summed E-state index contributed by atoms with van der Waals surface area (Å²) in [4.78, 5) is 16.7. The van der Waals surface area contributed by atoms with Gasteiger partial charge in [-0.15, -0.1) is 0 Å². The number of fused-ring (bicyclic) bond motifs is 1. The van der Waals surface area contributed by atoms with Gasteiger partial charge in [0.15, 0.2) is 0 Å². The van der Waals surface area contributed by atoms with Crippen molar-refractivity contribution in [1.29, 1.82) is 0 Å². The zero-order valence-electron chi connectivity index (χ0n) is 18.5. The number of carbonyl (C=O) groups is 1. The van der Waals surface area contributed by atoms with E-state index in [0.717, 1.165) is 46.1 Å². The van der Waals surface area contributed by atoms with Gasteiger partial charge in [-0.2, -0.15) is 0 Å². The Labute approximate surface area is 198 Å². The van der Waals surface area contributed by atoms with E-state index in [1.165, 1.54) is 7.11 Å². The van der Waals surface area contributed by atoms with E-state index in [2.05, 4.69) is 18.2 Å². The van der Waals surface area contributed by atoms with Crippen LogP contribution in [-0.4, -0.2) is 23.2 Å². The summed E-state index contributed by atoms with van der Waals surface area (Å²) in [5, 5.41) is 12.5. The molecule has 3 aromatic carbocycles. The monoisotopic (exact) mass is 459 g/mol. The zero-order valence-corrected chi connectivity index (χ0v) is 19.3. The van der Waals surface area contributed by atoms with Crippen LogP contribution in [0, 0.1) is 0 Å². The summed E-state index contributed by atoms with van der Waals surface area (Å²) in [7, 11) is 1.38. The SMILES string of the molecule is COC(=O)c1ccccc1CCC(O)c1cccc(CCc2ccc3ccc(Cl)cc3n2)c1. The summed E-state index contributed by atoms with van der Waals surface area (Å²) in [6.07, 6.45) is 2.11. The van der Waals surface area contributed by atoms with E-state index in [9.17, 15) is 9.90 Å². The van der Waals surface area contributed by atoms with E-state index in [1.807, 2.05) is 54.6 Å². The molecule has 0 spiro atoms. The second-order valence-electron chi connectivity index (χ2n) is 8.09. The molecule has 0 aliphatic heterocycles. The highest BCUT2D eigenvalue weighted by atomic mass is 35.5. The van der Waals surface area contributed by atoms with Gasteiger partial charge in [0, 0.05) is 16.1 Å². The van der Waals surface area contributed by atoms with E-state index in [-0.39, 0.29) is 5.97 Å². The molecule has 0 aliphatic rings. The molecular formula is C28H26ClNO3. The maximum Gasteiger partial charge on any atom is 0.338 e. The molecule has 1 aromatic heterocycles. The summed E-state index contributed by atoms with van der Waals surface area (Å²) in [6.45, 7) is 0. The summed E-state index contributed by atoms with van der Waals surface area (Å²) in [5.41, 5.74) is 5.36. The predicted octanol–water partition coefficient (Wildman–Crippen LogP) is 6.13. The second kappa shape index (κ2) is 10.6. The molecule has 0 radical (unpaired) electrons. The Morgan fingerprint density at radius 3 is 2.64 bits per heavy atom. The topological polar surface area (TPSA) is 59.4 Å². The molecule has 168 valence electrons. The average molecular weight is 460 g/mol. The number of aryl methyl sites for hydroxylation is 3. The molecule has 0 saturated heterocycles. The first-order valence-corrected chi connectivity index (χ1v) is 11.4. The Morgan fingerprint density at radius 1 is 0.970 bits per heavy atom. The van der Waals surface area contributed by atoms with E-state index in [1.54, 1.807) is 6.07 Å². The number of hydrogen-bond donors (Lipinski definition) is 1. The zero-order chi connectivity index (χ0) is 23.2. The van der Waals surface area contributed by atoms with Crippen molar-refractivity contribution in [1.82, 2.24) is 4.98 Å². The Kier molecular flexibility index (Phi) is 7.38. The number of carbonyl (C=O) groups excluding carboxylic acids is 1. The van der Waals surface area contributed by atoms with Gasteiger partial charge in [-0.05, 0) is 66.6 Å². The van der Waals surface area contributed by atoms with Crippen molar-refractivity contribution in [2.45, 2.75) is 31.8 Å². The standard InChI is InChI=1S/C28H26ClNO3/c1-33-28(32)25-8-3-2-6-20(25)12-16-27(31)22-7-4-5-19(17-22)9-14-24-15-11-21-10-13-23(29)18-26(21)30-24/h2-8,10-11,13,15,17-18,27,31H,9,12,14,16H2,1H3. The number of esters is 1. The van der Waals surface area contributed by atoms with Crippen LogP contribution < -0.4 is 0 Å². The Bertz CT molecular complexity index is 1270. The van der Waals surface area contributed by atoms with Gasteiger partial charge < -0.3 is 9.84 Å². The minimum Gasteiger partial charge on any atom is -0.465 e. The predicted molar refractivity (Wildman–Crippen MR) is 132 cm³/mol. The van der Waals surface area contributed by atoms with Crippen molar-refractivity contribution in [2.24, 2.45) is 0 Å². The molecule has 4 rings (SSSR count). The number of nitrogens with zero attached hydrogens (tertiary/aromatic N) is 1. The number of benzene rings is 3. The third kappa shape index (κ3) is 5.78. The molecule has 0 aliphatic carbocycles. The van der Waals surface area contributed by atoms with Crippen LogP contribution in [0.15, 0.2) is 78.9 Å². The highest BCUT2D eigenvalue weighted by molar-refractivity contribution is 6.31. The number of methoxy groups -OCH3 is 1. The minimum absolute atomic E-state index is 0.355. The van der Waals surface area contributed by atoms with Crippen LogP contribution in [0.5, 0.6) is 0 Å². The highest BCUT2D eigenvalue weighted by Crippen LogP contribution is 2.23. The molecule has 0 bridgehead atoms. The van der Waals surface area contributed by atoms with Crippen LogP contribution in [0.25, 0.3) is 10.9 Å². The van der Waals surface area contributed by atoms with Crippen molar-refractivity contribution in [3.8, 4) is 0 Å². The first-order valence-electron chi connectivity index (χ1n) is 11.0. The highest BCUT2D eigenvalue weighted by Gasteiger charge is 2.14. The first kappa shape index (κ1) is 23.0. The number of pyridine rings is 1. The van der Waals surface area contributed by atoms with E-state index < -0.39 is 6.10 Å². The third-order valence-corrected chi connectivity index (χ3v) is 6.06. The van der Waals surface area contributed by atoms with Crippen molar-refractivity contribution in [3.63, 3.8) is 0 Å². The number of aliphatic hydroxyl groups is 1. The second-order valence-corrected chi connectivity index (χ2v) is 8.52. The van der Waals surface area contributed by atoms with Crippen molar-refractivity contribution in [2.75, 3.05) is 7.11 Å². The lowest BCUT2D eigenvalue weighted by molar-refractivity contribution is 0.0599. The maximum absolute atomic E-state index is 12.0. The van der Waals surface area contributed by atoms with Gasteiger partial charge in [0.2, 0.25) is 0 Å². The molecule has 1 heterocycles. The molecular weight excluding hydrogens is 434 g/mol. The van der Waals surface area contributed by atoms with Gasteiger partial charge in [-0.3, -0.25) is 4.98 Å². The normalized spacial score (nSPS) is 12.0. The van der Waals surface area contributed by atoms with E-state index in [0.29, 0.717) is 23.4 Å². The maximum atomic E-state index is 12.0. The largest absolute Gasteiger partial charge is 0.465 e. The lowest BCUT2D eigenvalue weighted by Gasteiger charge is -2.14. The molecule has 33 heavy (non-hydrogen) atoms. The van der Waals surface area contributed by atoms with Gasteiger partial charge in [0.05, 0.1) is 24.3 Å². The van der Waals surface area contributed by atoms with Crippen LogP contribution in [0.1, 0.15) is 45.3 Å². The fourth-order valence-corrected chi connectivity index (χ4v) is 4.17. The molecule has 0 fully saturated rings. The third-order valence-electron chi connectivity index (χ3n) is 5.83. The van der Waals surface area contributed by atoms with Crippen LogP contribution in [0.3, 0.4) is 0 Å². The van der Waals surface area contributed by atoms with Gasteiger partial charge in [-0.25, -0.2) is 4.79 Å².